The lowest BCUT2D eigenvalue weighted by Crippen LogP contribution is -2.20. The molecule has 112 valence electrons. The minimum Gasteiger partial charge on any atom is -0.497 e. The van der Waals surface area contributed by atoms with Crippen molar-refractivity contribution in [2.75, 3.05) is 27.4 Å². The normalized spacial score (nSPS) is 10.2. The second-order valence-corrected chi connectivity index (χ2v) is 4.56. The van der Waals surface area contributed by atoms with Gasteiger partial charge >= 0.3 is 0 Å². The number of para-hydroxylation sites is 1. The minimum atomic E-state index is 0.630. The summed E-state index contributed by atoms with van der Waals surface area (Å²) in [5.74, 6) is 2.49. The lowest BCUT2D eigenvalue weighted by molar-refractivity contribution is 0.313. The number of benzene rings is 2. The van der Waals surface area contributed by atoms with Gasteiger partial charge in [-0.2, -0.15) is 0 Å². The number of rotatable bonds is 8. The summed E-state index contributed by atoms with van der Waals surface area (Å²) in [7, 11) is 3.30. The Balaban J connectivity index is 1.75. The van der Waals surface area contributed by atoms with Crippen LogP contribution in [0.25, 0.3) is 0 Å². The van der Waals surface area contributed by atoms with E-state index in [1.807, 2.05) is 48.5 Å². The monoisotopic (exact) mass is 287 g/mol. The molecule has 0 heterocycles. The largest absolute Gasteiger partial charge is 0.497 e. The molecular formula is C17H21NO3. The van der Waals surface area contributed by atoms with Crippen molar-refractivity contribution in [2.24, 2.45) is 0 Å². The van der Waals surface area contributed by atoms with Gasteiger partial charge in [0, 0.05) is 19.2 Å². The molecule has 0 bridgehead atoms. The second-order valence-electron chi connectivity index (χ2n) is 4.56. The lowest BCUT2D eigenvalue weighted by atomic mass is 10.2. The molecule has 0 aliphatic rings. The summed E-state index contributed by atoms with van der Waals surface area (Å²) in [5, 5.41) is 3.34. The third kappa shape index (κ3) is 5.00. The third-order valence-corrected chi connectivity index (χ3v) is 3.03. The molecule has 4 nitrogen and oxygen atoms in total. The van der Waals surface area contributed by atoms with Gasteiger partial charge < -0.3 is 19.5 Å². The Hall–Kier alpha value is -2.20. The van der Waals surface area contributed by atoms with E-state index in [2.05, 4.69) is 5.32 Å². The molecule has 0 spiro atoms. The molecule has 21 heavy (non-hydrogen) atoms. The van der Waals surface area contributed by atoms with E-state index in [4.69, 9.17) is 14.2 Å². The van der Waals surface area contributed by atoms with Gasteiger partial charge in [0.1, 0.15) is 23.9 Å². The molecule has 0 aliphatic carbocycles. The number of nitrogens with one attached hydrogen (secondary N) is 1. The predicted molar refractivity (Wildman–Crippen MR) is 83.2 cm³/mol. The van der Waals surface area contributed by atoms with Crippen molar-refractivity contribution in [3.8, 4) is 17.2 Å². The van der Waals surface area contributed by atoms with Crippen molar-refractivity contribution in [2.45, 2.75) is 6.54 Å². The summed E-state index contributed by atoms with van der Waals surface area (Å²) >= 11 is 0. The molecule has 2 aromatic rings. The van der Waals surface area contributed by atoms with Crippen molar-refractivity contribution >= 4 is 0 Å². The first-order valence-electron chi connectivity index (χ1n) is 6.92. The molecule has 0 aromatic heterocycles. The molecule has 0 amide bonds. The highest BCUT2D eigenvalue weighted by Crippen LogP contribution is 2.22. The molecule has 0 aliphatic heterocycles. The molecule has 0 radical (unpaired) electrons. The van der Waals surface area contributed by atoms with Gasteiger partial charge in [0.05, 0.1) is 14.2 Å². The van der Waals surface area contributed by atoms with E-state index >= 15 is 0 Å². The van der Waals surface area contributed by atoms with E-state index in [0.29, 0.717) is 6.61 Å². The van der Waals surface area contributed by atoms with Crippen LogP contribution in [0, 0.1) is 0 Å². The van der Waals surface area contributed by atoms with Gasteiger partial charge in [0.15, 0.2) is 0 Å². The van der Waals surface area contributed by atoms with Crippen LogP contribution >= 0.6 is 0 Å². The zero-order valence-corrected chi connectivity index (χ0v) is 12.5. The summed E-state index contributed by atoms with van der Waals surface area (Å²) in [4.78, 5) is 0. The molecule has 0 unspecified atom stereocenters. The van der Waals surface area contributed by atoms with E-state index in [1.54, 1.807) is 14.2 Å². The summed E-state index contributed by atoms with van der Waals surface area (Å²) in [5.41, 5.74) is 1.12. The number of hydrogen-bond donors (Lipinski definition) is 1. The highest BCUT2D eigenvalue weighted by atomic mass is 16.5. The van der Waals surface area contributed by atoms with Crippen LogP contribution < -0.4 is 19.5 Å². The van der Waals surface area contributed by atoms with E-state index < -0.39 is 0 Å². The average Bonchev–Trinajstić information content (AvgIpc) is 2.55. The number of hydrogen-bond acceptors (Lipinski definition) is 4. The maximum Gasteiger partial charge on any atom is 0.122 e. The van der Waals surface area contributed by atoms with Crippen molar-refractivity contribution in [1.29, 1.82) is 0 Å². The molecule has 2 aromatic carbocycles. The summed E-state index contributed by atoms with van der Waals surface area (Å²) in [6.45, 7) is 2.14. The van der Waals surface area contributed by atoms with Gasteiger partial charge in [-0.3, -0.25) is 0 Å². The van der Waals surface area contributed by atoms with Gasteiger partial charge in [0.25, 0.3) is 0 Å². The van der Waals surface area contributed by atoms with Crippen molar-refractivity contribution < 1.29 is 14.2 Å². The van der Waals surface area contributed by atoms with E-state index in [9.17, 15) is 0 Å². The Labute approximate surface area is 125 Å². The molecule has 4 heteroatoms. The Morgan fingerprint density at radius 2 is 1.52 bits per heavy atom. The lowest BCUT2D eigenvalue weighted by Gasteiger charge is -2.10. The first-order valence-corrected chi connectivity index (χ1v) is 6.92. The topological polar surface area (TPSA) is 39.7 Å². The Bertz CT molecular complexity index is 521. The maximum absolute atomic E-state index is 5.62. The first kappa shape index (κ1) is 15.2. The highest BCUT2D eigenvalue weighted by molar-refractivity contribution is 5.38. The van der Waals surface area contributed by atoms with E-state index in [0.717, 1.165) is 35.9 Å². The minimum absolute atomic E-state index is 0.630. The zero-order valence-electron chi connectivity index (χ0n) is 12.5. The van der Waals surface area contributed by atoms with Crippen molar-refractivity contribution in [3.63, 3.8) is 0 Å². The fourth-order valence-electron chi connectivity index (χ4n) is 1.96. The molecule has 0 fully saturated rings. The third-order valence-electron chi connectivity index (χ3n) is 3.03. The SMILES string of the molecule is COc1cc(CNCCOc2ccccc2)cc(OC)c1. The molecule has 0 saturated carbocycles. The first-order chi connectivity index (χ1) is 10.3. The van der Waals surface area contributed by atoms with Crippen LogP contribution in [-0.4, -0.2) is 27.4 Å². The van der Waals surface area contributed by atoms with Crippen LogP contribution in [0.3, 0.4) is 0 Å². The van der Waals surface area contributed by atoms with Crippen LogP contribution in [0.15, 0.2) is 48.5 Å². The second kappa shape index (κ2) is 8.17. The van der Waals surface area contributed by atoms with Crippen molar-refractivity contribution in [3.05, 3.63) is 54.1 Å². The van der Waals surface area contributed by atoms with E-state index in [-0.39, 0.29) is 0 Å². The summed E-state index contributed by atoms with van der Waals surface area (Å²) in [6.07, 6.45) is 0. The molecule has 0 atom stereocenters. The molecule has 1 N–H and O–H groups in total. The van der Waals surface area contributed by atoms with Gasteiger partial charge in [-0.1, -0.05) is 18.2 Å². The fourth-order valence-corrected chi connectivity index (χ4v) is 1.96. The standard InChI is InChI=1S/C17H21NO3/c1-19-16-10-14(11-17(12-16)20-2)13-18-8-9-21-15-6-4-3-5-7-15/h3-7,10-12,18H,8-9,13H2,1-2H3. The van der Waals surface area contributed by atoms with E-state index in [1.165, 1.54) is 0 Å². The highest BCUT2D eigenvalue weighted by Gasteiger charge is 2.01. The van der Waals surface area contributed by atoms with Gasteiger partial charge in [-0.25, -0.2) is 0 Å². The summed E-state index contributed by atoms with van der Waals surface area (Å²) in [6, 6.07) is 15.7. The Kier molecular flexibility index (Phi) is 5.91. The van der Waals surface area contributed by atoms with Crippen molar-refractivity contribution in [1.82, 2.24) is 5.32 Å². The number of ether oxygens (including phenoxy) is 3. The van der Waals surface area contributed by atoms with Crippen LogP contribution in [0.5, 0.6) is 17.2 Å². The smallest absolute Gasteiger partial charge is 0.122 e. The van der Waals surface area contributed by atoms with Gasteiger partial charge in [-0.15, -0.1) is 0 Å². The van der Waals surface area contributed by atoms with Crippen LogP contribution in [-0.2, 0) is 6.54 Å². The van der Waals surface area contributed by atoms with Crippen LogP contribution in [0.2, 0.25) is 0 Å². The quantitative estimate of drug-likeness (QED) is 0.758. The summed E-state index contributed by atoms with van der Waals surface area (Å²) < 4.78 is 16.1. The van der Waals surface area contributed by atoms with Gasteiger partial charge in [0.2, 0.25) is 0 Å². The zero-order chi connectivity index (χ0) is 14.9. The maximum atomic E-state index is 5.62. The number of methoxy groups -OCH3 is 2. The predicted octanol–water partition coefficient (Wildman–Crippen LogP) is 2.87. The molecular weight excluding hydrogens is 266 g/mol. The Morgan fingerprint density at radius 1 is 0.857 bits per heavy atom. The molecule has 0 saturated heterocycles. The van der Waals surface area contributed by atoms with Gasteiger partial charge in [-0.05, 0) is 29.8 Å². The Morgan fingerprint density at radius 3 is 2.14 bits per heavy atom. The fraction of sp³-hybridized carbons (Fsp3) is 0.294. The van der Waals surface area contributed by atoms with Crippen LogP contribution in [0.4, 0.5) is 0 Å². The molecule has 2 rings (SSSR count). The average molecular weight is 287 g/mol. The van der Waals surface area contributed by atoms with Crippen LogP contribution in [0.1, 0.15) is 5.56 Å².